The van der Waals surface area contributed by atoms with Gasteiger partial charge in [0.05, 0.1) is 5.57 Å². The van der Waals surface area contributed by atoms with E-state index < -0.39 is 6.04 Å². The van der Waals surface area contributed by atoms with Crippen molar-refractivity contribution in [2.75, 3.05) is 30.1 Å². The van der Waals surface area contributed by atoms with Crippen molar-refractivity contribution >= 4 is 29.3 Å². The number of benzene rings is 2. The number of aromatic nitrogens is 3. The van der Waals surface area contributed by atoms with Crippen LogP contribution in [0.4, 0.5) is 11.6 Å². The van der Waals surface area contributed by atoms with Crippen LogP contribution < -0.4 is 20.1 Å². The summed E-state index contributed by atoms with van der Waals surface area (Å²) in [6.45, 7) is 4.90. The molecule has 0 radical (unpaired) electrons. The molecule has 8 nitrogen and oxygen atoms in total. The van der Waals surface area contributed by atoms with Crippen molar-refractivity contribution in [3.05, 3.63) is 64.9 Å². The van der Waals surface area contributed by atoms with E-state index in [2.05, 4.69) is 20.7 Å². The molecule has 5 rings (SSSR count). The smallest absolute Gasteiger partial charge is 0.255 e. The van der Waals surface area contributed by atoms with E-state index in [9.17, 15) is 4.79 Å². The number of hydrogen-bond donors (Lipinski definition) is 2. The summed E-state index contributed by atoms with van der Waals surface area (Å²) in [7, 11) is 0. The van der Waals surface area contributed by atoms with Crippen LogP contribution in [0.1, 0.15) is 24.1 Å². The van der Waals surface area contributed by atoms with Crippen LogP contribution in [0.15, 0.2) is 58.9 Å². The van der Waals surface area contributed by atoms with Crippen LogP contribution in [0, 0.1) is 6.92 Å². The molecule has 0 spiro atoms. The molecule has 0 aliphatic carbocycles. The number of rotatable bonds is 4. The van der Waals surface area contributed by atoms with Crippen LogP contribution in [0.25, 0.3) is 0 Å². The van der Waals surface area contributed by atoms with Crippen molar-refractivity contribution in [3.63, 3.8) is 0 Å². The Balaban J connectivity index is 1.58. The van der Waals surface area contributed by atoms with Crippen LogP contribution in [-0.2, 0) is 4.79 Å². The molecule has 2 aromatic carbocycles. The first-order valence-electron chi connectivity index (χ1n) is 10.3. The SMILES string of the molecule is CSc1nc2n(n1)C(c1ccc3c(c1)OCCO3)C(C(=O)Nc1ccc(C)cc1)=C(C)N2. The van der Waals surface area contributed by atoms with Gasteiger partial charge < -0.3 is 20.1 Å². The third-order valence-electron chi connectivity index (χ3n) is 5.45. The molecule has 3 heterocycles. The van der Waals surface area contributed by atoms with Gasteiger partial charge in [-0.05, 0) is 49.9 Å². The minimum absolute atomic E-state index is 0.203. The van der Waals surface area contributed by atoms with Gasteiger partial charge in [-0.1, -0.05) is 35.5 Å². The van der Waals surface area contributed by atoms with Gasteiger partial charge in [-0.25, -0.2) is 4.68 Å². The fourth-order valence-electron chi connectivity index (χ4n) is 3.89. The predicted molar refractivity (Wildman–Crippen MR) is 124 cm³/mol. The summed E-state index contributed by atoms with van der Waals surface area (Å²) in [5, 5.41) is 11.5. The van der Waals surface area contributed by atoms with Gasteiger partial charge in [0.25, 0.3) is 5.91 Å². The molecule has 2 aliphatic heterocycles. The number of aryl methyl sites for hydroxylation is 1. The second kappa shape index (κ2) is 8.23. The fraction of sp³-hybridized carbons (Fsp3) is 0.261. The molecule has 1 unspecified atom stereocenters. The summed E-state index contributed by atoms with van der Waals surface area (Å²) in [6.07, 6.45) is 1.92. The third-order valence-corrected chi connectivity index (χ3v) is 5.99. The number of nitrogens with zero attached hydrogens (tertiary/aromatic N) is 3. The van der Waals surface area contributed by atoms with Gasteiger partial charge in [-0.15, -0.1) is 5.10 Å². The maximum absolute atomic E-state index is 13.5. The Kier molecular flexibility index (Phi) is 5.26. The lowest BCUT2D eigenvalue weighted by Gasteiger charge is -2.29. The normalized spacial score (nSPS) is 16.9. The number of fused-ring (bicyclic) bond motifs is 2. The molecule has 2 N–H and O–H groups in total. The first kappa shape index (κ1) is 20.4. The number of ether oxygens (including phenoxy) is 2. The molecule has 3 aromatic rings. The van der Waals surface area contributed by atoms with E-state index in [0.29, 0.717) is 41.4 Å². The zero-order chi connectivity index (χ0) is 22.2. The second-order valence-corrected chi connectivity index (χ2v) is 8.43. The average Bonchev–Trinajstić information content (AvgIpc) is 3.22. The first-order chi connectivity index (χ1) is 15.5. The summed E-state index contributed by atoms with van der Waals surface area (Å²) in [4.78, 5) is 18.0. The molecule has 32 heavy (non-hydrogen) atoms. The molecule has 0 bridgehead atoms. The van der Waals surface area contributed by atoms with Crippen molar-refractivity contribution in [2.45, 2.75) is 25.0 Å². The van der Waals surface area contributed by atoms with Crippen LogP contribution in [0.3, 0.4) is 0 Å². The highest BCUT2D eigenvalue weighted by Crippen LogP contribution is 2.40. The van der Waals surface area contributed by atoms with Crippen LogP contribution in [0.5, 0.6) is 11.5 Å². The predicted octanol–water partition coefficient (Wildman–Crippen LogP) is 4.01. The molecule has 1 amide bonds. The van der Waals surface area contributed by atoms with Crippen molar-refractivity contribution in [1.29, 1.82) is 0 Å². The average molecular weight is 450 g/mol. The molecule has 0 fully saturated rings. The number of carbonyl (C=O) groups excluding carboxylic acids is 1. The summed E-state index contributed by atoms with van der Waals surface area (Å²) in [5.41, 5.74) is 4.01. The van der Waals surface area contributed by atoms with E-state index in [1.807, 2.05) is 62.6 Å². The van der Waals surface area contributed by atoms with E-state index in [-0.39, 0.29) is 5.91 Å². The van der Waals surface area contributed by atoms with Crippen molar-refractivity contribution < 1.29 is 14.3 Å². The van der Waals surface area contributed by atoms with E-state index >= 15 is 0 Å². The Bertz CT molecular complexity index is 1220. The first-order valence-corrected chi connectivity index (χ1v) is 11.5. The summed E-state index contributed by atoms with van der Waals surface area (Å²) >= 11 is 1.45. The number of hydrogen-bond acceptors (Lipinski definition) is 7. The summed E-state index contributed by atoms with van der Waals surface area (Å²) < 4.78 is 13.2. The third kappa shape index (κ3) is 3.69. The standard InChI is InChI=1S/C23H23N5O3S/c1-13-4-7-16(8-5-13)25-21(29)19-14(2)24-22-26-23(32-3)27-28(22)20(19)15-6-9-17-18(12-15)31-11-10-30-17/h4-9,12,20H,10-11H2,1-3H3,(H,25,29)(H,24,26,27). The van der Waals surface area contributed by atoms with Gasteiger partial charge in [-0.3, -0.25) is 4.79 Å². The largest absolute Gasteiger partial charge is 0.486 e. The Morgan fingerprint density at radius 3 is 2.62 bits per heavy atom. The van der Waals surface area contributed by atoms with E-state index in [0.717, 1.165) is 22.5 Å². The Hall–Kier alpha value is -3.46. The number of thioether (sulfide) groups is 1. The van der Waals surface area contributed by atoms with E-state index in [1.54, 1.807) is 4.68 Å². The lowest BCUT2D eigenvalue weighted by molar-refractivity contribution is -0.113. The second-order valence-electron chi connectivity index (χ2n) is 7.66. The maximum atomic E-state index is 13.5. The highest BCUT2D eigenvalue weighted by molar-refractivity contribution is 7.98. The maximum Gasteiger partial charge on any atom is 0.255 e. The zero-order valence-electron chi connectivity index (χ0n) is 18.0. The minimum atomic E-state index is -0.471. The molecular formula is C23H23N5O3S. The molecule has 0 saturated carbocycles. The van der Waals surface area contributed by atoms with Gasteiger partial charge in [0.15, 0.2) is 11.5 Å². The molecule has 164 valence electrons. The fourth-order valence-corrected chi connectivity index (χ4v) is 4.23. The van der Waals surface area contributed by atoms with Gasteiger partial charge in [0, 0.05) is 11.4 Å². The van der Waals surface area contributed by atoms with Gasteiger partial charge in [0.2, 0.25) is 11.1 Å². The number of anilines is 2. The van der Waals surface area contributed by atoms with Gasteiger partial charge in [-0.2, -0.15) is 4.98 Å². The Labute approximate surface area is 190 Å². The lowest BCUT2D eigenvalue weighted by atomic mass is 9.94. The van der Waals surface area contributed by atoms with Crippen molar-refractivity contribution in [3.8, 4) is 11.5 Å². The van der Waals surface area contributed by atoms with Gasteiger partial charge >= 0.3 is 0 Å². The number of nitrogens with one attached hydrogen (secondary N) is 2. The Morgan fingerprint density at radius 1 is 1.12 bits per heavy atom. The molecular weight excluding hydrogens is 426 g/mol. The number of carbonyl (C=O) groups is 1. The van der Waals surface area contributed by atoms with Crippen LogP contribution >= 0.6 is 11.8 Å². The number of amides is 1. The molecule has 0 saturated heterocycles. The molecule has 1 aromatic heterocycles. The monoisotopic (exact) mass is 449 g/mol. The van der Waals surface area contributed by atoms with Gasteiger partial charge in [0.1, 0.15) is 19.3 Å². The van der Waals surface area contributed by atoms with E-state index in [4.69, 9.17) is 9.47 Å². The number of allylic oxidation sites excluding steroid dienone is 1. The molecule has 1 atom stereocenters. The van der Waals surface area contributed by atoms with E-state index in [1.165, 1.54) is 11.8 Å². The topological polar surface area (TPSA) is 90.3 Å². The summed E-state index contributed by atoms with van der Waals surface area (Å²) in [6, 6.07) is 13.0. The summed E-state index contributed by atoms with van der Waals surface area (Å²) in [5.74, 6) is 1.75. The highest BCUT2D eigenvalue weighted by Gasteiger charge is 2.35. The molecule has 9 heteroatoms. The lowest BCUT2D eigenvalue weighted by Crippen LogP contribution is -2.31. The Morgan fingerprint density at radius 2 is 1.88 bits per heavy atom. The zero-order valence-corrected chi connectivity index (χ0v) is 18.8. The van der Waals surface area contributed by atoms with Crippen molar-refractivity contribution in [2.24, 2.45) is 0 Å². The molecule has 2 aliphatic rings. The van der Waals surface area contributed by atoms with Crippen LogP contribution in [-0.4, -0.2) is 40.1 Å². The minimum Gasteiger partial charge on any atom is -0.486 e. The highest BCUT2D eigenvalue weighted by atomic mass is 32.2. The van der Waals surface area contributed by atoms with Crippen molar-refractivity contribution in [1.82, 2.24) is 14.8 Å². The van der Waals surface area contributed by atoms with Crippen LogP contribution in [0.2, 0.25) is 0 Å². The quantitative estimate of drug-likeness (QED) is 0.582.